The van der Waals surface area contributed by atoms with Gasteiger partial charge in [0.1, 0.15) is 12.4 Å². The number of hydrogen-bond acceptors (Lipinski definition) is 3. The van der Waals surface area contributed by atoms with Crippen molar-refractivity contribution >= 4 is 0 Å². The van der Waals surface area contributed by atoms with Crippen LogP contribution in [0.3, 0.4) is 0 Å². The first kappa shape index (κ1) is 14.4. The summed E-state index contributed by atoms with van der Waals surface area (Å²) in [7, 11) is 0. The number of rotatable bonds is 6. The maximum absolute atomic E-state index is 5.92. The van der Waals surface area contributed by atoms with Crippen LogP contribution in [0.25, 0.3) is 0 Å². The normalized spacial score (nSPS) is 18.8. The van der Waals surface area contributed by atoms with Crippen molar-refractivity contribution in [3.8, 4) is 5.75 Å². The smallest absolute Gasteiger partial charge is 0.125 e. The molecule has 1 fully saturated rings. The molecule has 0 amide bonds. The van der Waals surface area contributed by atoms with Crippen molar-refractivity contribution in [2.24, 2.45) is 5.92 Å². The van der Waals surface area contributed by atoms with Gasteiger partial charge in [-0.05, 0) is 49.8 Å². The van der Waals surface area contributed by atoms with Crippen molar-refractivity contribution in [2.75, 3.05) is 32.9 Å². The van der Waals surface area contributed by atoms with Crippen LogP contribution in [-0.4, -0.2) is 32.9 Å². The summed E-state index contributed by atoms with van der Waals surface area (Å²) >= 11 is 0. The van der Waals surface area contributed by atoms with E-state index in [-0.39, 0.29) is 0 Å². The topological polar surface area (TPSA) is 30.5 Å². The molecule has 19 heavy (non-hydrogen) atoms. The van der Waals surface area contributed by atoms with Gasteiger partial charge in [-0.25, -0.2) is 0 Å². The van der Waals surface area contributed by atoms with Crippen LogP contribution in [0.2, 0.25) is 0 Å². The fraction of sp³-hybridized carbons (Fsp3) is 0.625. The molecule has 3 nitrogen and oxygen atoms in total. The Hall–Kier alpha value is -1.06. The van der Waals surface area contributed by atoms with Gasteiger partial charge >= 0.3 is 0 Å². The first-order valence-corrected chi connectivity index (χ1v) is 7.16. The van der Waals surface area contributed by atoms with Gasteiger partial charge in [-0.1, -0.05) is 12.1 Å². The van der Waals surface area contributed by atoms with Crippen molar-refractivity contribution in [3.63, 3.8) is 0 Å². The minimum absolute atomic E-state index is 0.683. The molecule has 1 aromatic carbocycles. The van der Waals surface area contributed by atoms with Gasteiger partial charge < -0.3 is 14.8 Å². The Balaban J connectivity index is 1.72. The second-order valence-electron chi connectivity index (χ2n) is 5.44. The van der Waals surface area contributed by atoms with Crippen LogP contribution in [-0.2, 0) is 4.74 Å². The summed E-state index contributed by atoms with van der Waals surface area (Å²) in [5, 5.41) is 3.45. The third kappa shape index (κ3) is 3.95. The van der Waals surface area contributed by atoms with E-state index < -0.39 is 0 Å². The molecule has 3 heteroatoms. The van der Waals surface area contributed by atoms with Crippen LogP contribution in [0.1, 0.15) is 23.1 Å². The van der Waals surface area contributed by atoms with Crippen molar-refractivity contribution in [2.45, 2.75) is 27.2 Å². The highest BCUT2D eigenvalue weighted by molar-refractivity contribution is 5.44. The Morgan fingerprint density at radius 2 is 2.05 bits per heavy atom. The third-order valence-corrected chi connectivity index (χ3v) is 3.86. The fourth-order valence-corrected chi connectivity index (χ4v) is 2.42. The average Bonchev–Trinajstić information content (AvgIpc) is 2.90. The van der Waals surface area contributed by atoms with Gasteiger partial charge in [0.05, 0.1) is 6.61 Å². The van der Waals surface area contributed by atoms with Crippen LogP contribution in [0.15, 0.2) is 12.1 Å². The van der Waals surface area contributed by atoms with E-state index in [1.54, 1.807) is 0 Å². The van der Waals surface area contributed by atoms with E-state index in [1.807, 2.05) is 0 Å². The molecular formula is C16H25NO2. The molecule has 0 saturated carbocycles. The predicted octanol–water partition coefficient (Wildman–Crippen LogP) is 2.62. The molecule has 2 rings (SSSR count). The van der Waals surface area contributed by atoms with E-state index in [4.69, 9.17) is 9.47 Å². The van der Waals surface area contributed by atoms with E-state index in [0.29, 0.717) is 5.92 Å². The molecule has 1 heterocycles. The van der Waals surface area contributed by atoms with Gasteiger partial charge in [0.2, 0.25) is 0 Å². The van der Waals surface area contributed by atoms with Crippen LogP contribution < -0.4 is 10.1 Å². The average molecular weight is 263 g/mol. The minimum atomic E-state index is 0.683. The van der Waals surface area contributed by atoms with Gasteiger partial charge in [0.15, 0.2) is 0 Å². The van der Waals surface area contributed by atoms with E-state index in [2.05, 4.69) is 38.2 Å². The molecule has 0 aliphatic carbocycles. The lowest BCUT2D eigenvalue weighted by Gasteiger charge is -2.15. The minimum Gasteiger partial charge on any atom is -0.492 e. The SMILES string of the molecule is Cc1ccc(C)c(OCCNCC2CCOC2)c1C. The molecule has 0 radical (unpaired) electrons. The summed E-state index contributed by atoms with van der Waals surface area (Å²) < 4.78 is 11.3. The summed E-state index contributed by atoms with van der Waals surface area (Å²) in [4.78, 5) is 0. The van der Waals surface area contributed by atoms with Gasteiger partial charge in [-0.3, -0.25) is 0 Å². The van der Waals surface area contributed by atoms with E-state index in [1.165, 1.54) is 23.1 Å². The summed E-state index contributed by atoms with van der Waals surface area (Å²) in [6.07, 6.45) is 1.18. The fourth-order valence-electron chi connectivity index (χ4n) is 2.42. The molecule has 106 valence electrons. The lowest BCUT2D eigenvalue weighted by Crippen LogP contribution is -2.27. The van der Waals surface area contributed by atoms with Gasteiger partial charge in [0, 0.05) is 19.7 Å². The lowest BCUT2D eigenvalue weighted by atomic mass is 10.1. The Morgan fingerprint density at radius 1 is 1.26 bits per heavy atom. The zero-order valence-corrected chi connectivity index (χ0v) is 12.3. The number of benzene rings is 1. The van der Waals surface area contributed by atoms with Gasteiger partial charge in [-0.15, -0.1) is 0 Å². The van der Waals surface area contributed by atoms with Gasteiger partial charge in [-0.2, -0.15) is 0 Å². The van der Waals surface area contributed by atoms with E-state index in [0.717, 1.165) is 38.7 Å². The highest BCUT2D eigenvalue weighted by Gasteiger charge is 2.14. The number of hydrogen-bond donors (Lipinski definition) is 1. The summed E-state index contributed by atoms with van der Waals surface area (Å²) in [6.45, 7) is 10.8. The van der Waals surface area contributed by atoms with Crippen molar-refractivity contribution in [1.82, 2.24) is 5.32 Å². The van der Waals surface area contributed by atoms with Crippen LogP contribution >= 0.6 is 0 Å². The monoisotopic (exact) mass is 263 g/mol. The number of nitrogens with one attached hydrogen (secondary N) is 1. The molecule has 0 spiro atoms. The van der Waals surface area contributed by atoms with Gasteiger partial charge in [0.25, 0.3) is 0 Å². The summed E-state index contributed by atoms with van der Waals surface area (Å²) in [5.74, 6) is 1.73. The first-order valence-electron chi connectivity index (χ1n) is 7.16. The predicted molar refractivity (Wildman–Crippen MR) is 77.9 cm³/mol. The maximum Gasteiger partial charge on any atom is 0.125 e. The Morgan fingerprint density at radius 3 is 2.79 bits per heavy atom. The Bertz CT molecular complexity index is 411. The highest BCUT2D eigenvalue weighted by atomic mass is 16.5. The number of aryl methyl sites for hydroxylation is 2. The summed E-state index contributed by atoms with van der Waals surface area (Å²) in [6, 6.07) is 4.27. The molecule has 1 aliphatic heterocycles. The largest absolute Gasteiger partial charge is 0.492 e. The van der Waals surface area contributed by atoms with Crippen LogP contribution in [0.4, 0.5) is 0 Å². The van der Waals surface area contributed by atoms with E-state index in [9.17, 15) is 0 Å². The molecule has 1 aliphatic rings. The molecule has 1 atom stereocenters. The molecular weight excluding hydrogens is 238 g/mol. The second-order valence-corrected chi connectivity index (χ2v) is 5.44. The third-order valence-electron chi connectivity index (χ3n) is 3.86. The standard InChI is InChI=1S/C16H25NO2/c1-12-4-5-13(2)16(14(12)3)19-9-7-17-10-15-6-8-18-11-15/h4-5,15,17H,6-11H2,1-3H3. The zero-order chi connectivity index (χ0) is 13.7. The van der Waals surface area contributed by atoms with Crippen molar-refractivity contribution in [3.05, 3.63) is 28.8 Å². The zero-order valence-electron chi connectivity index (χ0n) is 12.3. The molecule has 1 saturated heterocycles. The molecule has 1 unspecified atom stereocenters. The quantitative estimate of drug-likeness (QED) is 0.800. The molecule has 0 aromatic heterocycles. The summed E-state index contributed by atoms with van der Waals surface area (Å²) in [5.41, 5.74) is 3.76. The molecule has 1 aromatic rings. The Kier molecular flexibility index (Phi) is 5.23. The number of ether oxygens (including phenoxy) is 2. The van der Waals surface area contributed by atoms with E-state index >= 15 is 0 Å². The molecule has 1 N–H and O–H groups in total. The Labute approximate surface area is 116 Å². The highest BCUT2D eigenvalue weighted by Crippen LogP contribution is 2.25. The molecule has 0 bridgehead atoms. The first-order chi connectivity index (χ1) is 9.18. The van der Waals surface area contributed by atoms with Crippen molar-refractivity contribution < 1.29 is 9.47 Å². The van der Waals surface area contributed by atoms with Crippen LogP contribution in [0.5, 0.6) is 5.75 Å². The van der Waals surface area contributed by atoms with Crippen molar-refractivity contribution in [1.29, 1.82) is 0 Å². The van der Waals surface area contributed by atoms with Crippen LogP contribution in [0, 0.1) is 26.7 Å². The second kappa shape index (κ2) is 6.92. The maximum atomic E-state index is 5.92. The lowest BCUT2D eigenvalue weighted by molar-refractivity contribution is 0.185.